The minimum atomic E-state index is 0.169. The Morgan fingerprint density at radius 2 is 2.06 bits per heavy atom. The fraction of sp³-hybridized carbons (Fsp3) is 0.500. The molecule has 0 bridgehead atoms. The van der Waals surface area contributed by atoms with E-state index in [1.165, 1.54) is 19.3 Å². The van der Waals surface area contributed by atoms with Crippen molar-refractivity contribution >= 4 is 17.2 Å². The fourth-order valence-corrected chi connectivity index (χ4v) is 2.51. The van der Waals surface area contributed by atoms with Crippen LogP contribution < -0.4 is 4.74 Å². The van der Waals surface area contributed by atoms with Crippen LogP contribution in [0, 0.1) is 0 Å². The van der Waals surface area contributed by atoms with Gasteiger partial charge in [0.25, 0.3) is 0 Å². The first-order valence-electron chi connectivity index (χ1n) is 6.47. The first-order valence-corrected chi connectivity index (χ1v) is 6.88. The number of nitrogens with zero attached hydrogens (tertiary/aromatic N) is 1. The molecule has 4 heteroatoms. The fourth-order valence-electron chi connectivity index (χ4n) is 2.20. The quantitative estimate of drug-likeness (QED) is 0.852. The predicted molar refractivity (Wildman–Crippen MR) is 76.4 cm³/mol. The molecule has 3 nitrogen and oxygen atoms in total. The van der Waals surface area contributed by atoms with Crippen LogP contribution in [0.5, 0.6) is 11.5 Å². The zero-order valence-electron chi connectivity index (χ0n) is 10.7. The van der Waals surface area contributed by atoms with Crippen LogP contribution in [0.15, 0.2) is 18.2 Å². The SMILES string of the molecule is CCOc1cc(C(=S)N2CCCCC2)ccc1O. The second kappa shape index (κ2) is 6.05. The number of rotatable bonds is 3. The van der Waals surface area contributed by atoms with Crippen LogP contribution in [-0.2, 0) is 0 Å². The molecule has 0 spiro atoms. The number of hydrogen-bond donors (Lipinski definition) is 1. The van der Waals surface area contributed by atoms with Gasteiger partial charge in [0.1, 0.15) is 4.99 Å². The van der Waals surface area contributed by atoms with E-state index < -0.39 is 0 Å². The van der Waals surface area contributed by atoms with Crippen molar-refractivity contribution in [1.82, 2.24) is 4.90 Å². The summed E-state index contributed by atoms with van der Waals surface area (Å²) >= 11 is 5.52. The van der Waals surface area contributed by atoms with Gasteiger partial charge in [0.2, 0.25) is 0 Å². The lowest BCUT2D eigenvalue weighted by atomic mass is 10.1. The van der Waals surface area contributed by atoms with E-state index >= 15 is 0 Å². The molecule has 1 aliphatic heterocycles. The van der Waals surface area contributed by atoms with E-state index in [9.17, 15) is 5.11 Å². The van der Waals surface area contributed by atoms with Gasteiger partial charge in [0.15, 0.2) is 11.5 Å². The Bertz CT molecular complexity index is 428. The number of hydrogen-bond acceptors (Lipinski definition) is 3. The molecule has 0 unspecified atom stereocenters. The van der Waals surface area contributed by atoms with E-state index in [1.54, 1.807) is 6.07 Å². The van der Waals surface area contributed by atoms with Gasteiger partial charge in [-0.2, -0.15) is 0 Å². The molecule has 98 valence electrons. The first-order chi connectivity index (χ1) is 8.72. The van der Waals surface area contributed by atoms with Gasteiger partial charge in [-0.1, -0.05) is 12.2 Å². The molecule has 1 fully saturated rings. The second-order valence-corrected chi connectivity index (χ2v) is 4.86. The summed E-state index contributed by atoms with van der Waals surface area (Å²) in [7, 11) is 0. The lowest BCUT2D eigenvalue weighted by Crippen LogP contribution is -2.34. The third-order valence-corrected chi connectivity index (χ3v) is 3.64. The maximum Gasteiger partial charge on any atom is 0.161 e. The maximum absolute atomic E-state index is 9.68. The van der Waals surface area contributed by atoms with Crippen molar-refractivity contribution in [3.05, 3.63) is 23.8 Å². The van der Waals surface area contributed by atoms with E-state index in [0.717, 1.165) is 23.6 Å². The molecule has 0 radical (unpaired) electrons. The third-order valence-electron chi connectivity index (χ3n) is 3.15. The highest BCUT2D eigenvalue weighted by Gasteiger charge is 2.16. The molecule has 0 saturated carbocycles. The molecule has 1 aliphatic rings. The molecule has 1 saturated heterocycles. The number of ether oxygens (including phenoxy) is 1. The molecular formula is C14H19NO2S. The molecule has 18 heavy (non-hydrogen) atoms. The monoisotopic (exact) mass is 265 g/mol. The van der Waals surface area contributed by atoms with Crippen LogP contribution in [-0.4, -0.2) is 34.7 Å². The number of phenolic OH excluding ortho intramolecular Hbond substituents is 1. The summed E-state index contributed by atoms with van der Waals surface area (Å²) in [6, 6.07) is 5.33. The van der Waals surface area contributed by atoms with Crippen molar-refractivity contribution in [2.75, 3.05) is 19.7 Å². The van der Waals surface area contributed by atoms with Crippen molar-refractivity contribution in [2.24, 2.45) is 0 Å². The van der Waals surface area contributed by atoms with E-state index in [1.807, 2.05) is 19.1 Å². The highest BCUT2D eigenvalue weighted by Crippen LogP contribution is 2.28. The molecular weight excluding hydrogens is 246 g/mol. The number of thiocarbonyl (C=S) groups is 1. The maximum atomic E-state index is 9.68. The predicted octanol–water partition coefficient (Wildman–Crippen LogP) is 2.95. The average Bonchev–Trinajstić information content (AvgIpc) is 2.42. The van der Waals surface area contributed by atoms with E-state index in [2.05, 4.69) is 4.90 Å². The molecule has 1 heterocycles. The lowest BCUT2D eigenvalue weighted by Gasteiger charge is -2.29. The largest absolute Gasteiger partial charge is 0.504 e. The van der Waals surface area contributed by atoms with Crippen molar-refractivity contribution < 1.29 is 9.84 Å². The van der Waals surface area contributed by atoms with Gasteiger partial charge >= 0.3 is 0 Å². The Balaban J connectivity index is 2.16. The van der Waals surface area contributed by atoms with Crippen molar-refractivity contribution in [2.45, 2.75) is 26.2 Å². The summed E-state index contributed by atoms with van der Waals surface area (Å²) in [5, 5.41) is 9.68. The number of piperidine rings is 1. The van der Waals surface area contributed by atoms with Gasteiger partial charge in [-0.05, 0) is 44.4 Å². The Morgan fingerprint density at radius 1 is 1.33 bits per heavy atom. The second-order valence-electron chi connectivity index (χ2n) is 4.47. The van der Waals surface area contributed by atoms with Crippen molar-refractivity contribution in [3.63, 3.8) is 0 Å². The van der Waals surface area contributed by atoms with Crippen molar-refractivity contribution in [3.8, 4) is 11.5 Å². The molecule has 0 atom stereocenters. The summed E-state index contributed by atoms with van der Waals surface area (Å²) in [5.74, 6) is 0.677. The zero-order chi connectivity index (χ0) is 13.0. The van der Waals surface area contributed by atoms with Crippen LogP contribution in [0.2, 0.25) is 0 Å². The van der Waals surface area contributed by atoms with Crippen LogP contribution in [0.4, 0.5) is 0 Å². The third kappa shape index (κ3) is 2.93. The molecule has 1 aromatic carbocycles. The smallest absolute Gasteiger partial charge is 0.161 e. The Kier molecular flexibility index (Phi) is 4.42. The van der Waals surface area contributed by atoms with E-state index in [4.69, 9.17) is 17.0 Å². The molecule has 0 aliphatic carbocycles. The summed E-state index contributed by atoms with van der Waals surface area (Å²) in [6.45, 7) is 4.50. The summed E-state index contributed by atoms with van der Waals surface area (Å²) in [4.78, 5) is 3.09. The van der Waals surface area contributed by atoms with Crippen LogP contribution in [0.1, 0.15) is 31.7 Å². The molecule has 1 N–H and O–H groups in total. The Morgan fingerprint density at radius 3 is 2.72 bits per heavy atom. The summed E-state index contributed by atoms with van der Waals surface area (Å²) < 4.78 is 5.39. The highest BCUT2D eigenvalue weighted by molar-refractivity contribution is 7.80. The van der Waals surface area contributed by atoms with Gasteiger partial charge in [0.05, 0.1) is 6.61 Å². The Hall–Kier alpha value is -1.29. The van der Waals surface area contributed by atoms with Gasteiger partial charge in [-0.25, -0.2) is 0 Å². The number of aromatic hydroxyl groups is 1. The van der Waals surface area contributed by atoms with Gasteiger partial charge in [-0.3, -0.25) is 0 Å². The normalized spacial score (nSPS) is 15.5. The van der Waals surface area contributed by atoms with Crippen LogP contribution in [0.25, 0.3) is 0 Å². The van der Waals surface area contributed by atoms with E-state index in [0.29, 0.717) is 12.4 Å². The van der Waals surface area contributed by atoms with Gasteiger partial charge in [-0.15, -0.1) is 0 Å². The number of phenols is 1. The van der Waals surface area contributed by atoms with Gasteiger partial charge in [0, 0.05) is 18.7 Å². The van der Waals surface area contributed by atoms with Crippen molar-refractivity contribution in [1.29, 1.82) is 0 Å². The number of likely N-dealkylation sites (tertiary alicyclic amines) is 1. The molecule has 0 aromatic heterocycles. The first kappa shape index (κ1) is 13.1. The Labute approximate surface area is 113 Å². The van der Waals surface area contributed by atoms with Gasteiger partial charge < -0.3 is 14.7 Å². The van der Waals surface area contributed by atoms with E-state index in [-0.39, 0.29) is 5.75 Å². The zero-order valence-corrected chi connectivity index (χ0v) is 11.5. The molecule has 1 aromatic rings. The standard InChI is InChI=1S/C14H19NO2S/c1-2-17-13-10-11(6-7-12(13)16)14(18)15-8-4-3-5-9-15/h6-7,10,16H,2-5,8-9H2,1H3. The minimum absolute atomic E-state index is 0.169. The van der Waals surface area contributed by atoms with Crippen LogP contribution in [0.3, 0.4) is 0 Å². The topological polar surface area (TPSA) is 32.7 Å². The summed E-state index contributed by atoms with van der Waals surface area (Å²) in [5.41, 5.74) is 0.952. The highest BCUT2D eigenvalue weighted by atomic mass is 32.1. The molecule has 2 rings (SSSR count). The average molecular weight is 265 g/mol. The number of benzene rings is 1. The van der Waals surface area contributed by atoms with Crippen LogP contribution >= 0.6 is 12.2 Å². The minimum Gasteiger partial charge on any atom is -0.504 e. The lowest BCUT2D eigenvalue weighted by molar-refractivity contribution is 0.317. The molecule has 0 amide bonds. The summed E-state index contributed by atoms with van der Waals surface area (Å²) in [6.07, 6.45) is 3.70.